The maximum atomic E-state index is 1.61. The van der Waals surface area contributed by atoms with Gasteiger partial charge in [0.05, 0.1) is 0 Å². The number of hydrogen-bond donors (Lipinski definition) is 0. The minimum atomic E-state index is 1.12. The molecule has 0 radical (unpaired) electrons. The molecule has 4 aliphatic carbocycles. The number of rotatable bonds is 0. The Morgan fingerprint density at radius 3 is 1.88 bits per heavy atom. The molecular weight excluding hydrogens is 192 g/mol. The van der Waals surface area contributed by atoms with Crippen molar-refractivity contribution in [2.24, 2.45) is 23.7 Å². The van der Waals surface area contributed by atoms with Gasteiger partial charge in [-0.05, 0) is 42.9 Å². The zero-order valence-electron chi connectivity index (χ0n) is 10.8. The van der Waals surface area contributed by atoms with Crippen molar-refractivity contribution < 1.29 is 0 Å². The molecular formula is C16H28. The molecule has 0 aliphatic heterocycles. The van der Waals surface area contributed by atoms with Gasteiger partial charge in [-0.1, -0.05) is 57.8 Å². The summed E-state index contributed by atoms with van der Waals surface area (Å²) in [6.45, 7) is 0. The molecule has 2 atom stereocenters. The Hall–Kier alpha value is 0. The highest BCUT2D eigenvalue weighted by atomic mass is 14.4. The molecule has 2 bridgehead atoms. The van der Waals surface area contributed by atoms with Gasteiger partial charge in [0.1, 0.15) is 0 Å². The van der Waals surface area contributed by atoms with Crippen molar-refractivity contribution in [1.82, 2.24) is 0 Å². The summed E-state index contributed by atoms with van der Waals surface area (Å²) in [7, 11) is 0. The fourth-order valence-corrected chi connectivity index (χ4v) is 4.53. The van der Waals surface area contributed by atoms with Crippen LogP contribution in [-0.2, 0) is 0 Å². The highest BCUT2D eigenvalue weighted by Crippen LogP contribution is 2.45. The molecule has 0 aromatic rings. The molecule has 0 nitrogen and oxygen atoms in total. The molecule has 0 N–H and O–H groups in total. The van der Waals surface area contributed by atoms with Gasteiger partial charge >= 0.3 is 0 Å². The smallest absolute Gasteiger partial charge is 0.0383 e. The first kappa shape index (κ1) is 11.1. The molecule has 0 heterocycles. The van der Waals surface area contributed by atoms with Crippen LogP contribution in [0.4, 0.5) is 0 Å². The molecule has 4 saturated carbocycles. The van der Waals surface area contributed by atoms with Crippen LogP contribution in [-0.4, -0.2) is 0 Å². The van der Waals surface area contributed by atoms with Gasteiger partial charge in [-0.3, -0.25) is 0 Å². The Balaban J connectivity index is 1.59. The van der Waals surface area contributed by atoms with Crippen molar-refractivity contribution >= 4 is 0 Å². The topological polar surface area (TPSA) is 0 Å². The summed E-state index contributed by atoms with van der Waals surface area (Å²) >= 11 is 0. The second kappa shape index (κ2) is 5.10. The predicted molar refractivity (Wildman–Crippen MR) is 69.4 cm³/mol. The molecule has 4 aliphatic rings. The Morgan fingerprint density at radius 1 is 0.438 bits per heavy atom. The van der Waals surface area contributed by atoms with E-state index in [1.165, 1.54) is 12.8 Å². The second-order valence-electron chi connectivity index (χ2n) is 6.86. The van der Waals surface area contributed by atoms with Gasteiger partial charge in [0.15, 0.2) is 0 Å². The van der Waals surface area contributed by atoms with E-state index < -0.39 is 0 Å². The lowest BCUT2D eigenvalue weighted by atomic mass is 9.65. The van der Waals surface area contributed by atoms with E-state index in [9.17, 15) is 0 Å². The van der Waals surface area contributed by atoms with Crippen LogP contribution in [0.2, 0.25) is 0 Å². The van der Waals surface area contributed by atoms with Gasteiger partial charge in [-0.15, -0.1) is 0 Å². The molecule has 0 aromatic carbocycles. The van der Waals surface area contributed by atoms with E-state index in [0.717, 1.165) is 23.7 Å². The normalized spacial score (nSPS) is 45.0. The summed E-state index contributed by atoms with van der Waals surface area (Å²) in [6, 6.07) is 0. The van der Waals surface area contributed by atoms with Crippen LogP contribution in [0.3, 0.4) is 0 Å². The maximum absolute atomic E-state index is 1.61. The lowest BCUT2D eigenvalue weighted by Crippen LogP contribution is -2.29. The van der Waals surface area contributed by atoms with Crippen LogP contribution in [0, 0.1) is 23.7 Å². The largest absolute Gasteiger partial charge is 0.0533 e. The van der Waals surface area contributed by atoms with E-state index in [2.05, 4.69) is 0 Å². The monoisotopic (exact) mass is 220 g/mol. The Kier molecular flexibility index (Phi) is 3.54. The van der Waals surface area contributed by atoms with Gasteiger partial charge in [-0.2, -0.15) is 0 Å². The van der Waals surface area contributed by atoms with Crippen molar-refractivity contribution in [3.05, 3.63) is 0 Å². The first-order valence-electron chi connectivity index (χ1n) is 7.92. The van der Waals surface area contributed by atoms with Crippen LogP contribution >= 0.6 is 0 Å². The Morgan fingerprint density at radius 2 is 1.12 bits per heavy atom. The van der Waals surface area contributed by atoms with E-state index in [1.807, 2.05) is 0 Å². The van der Waals surface area contributed by atoms with Crippen LogP contribution in [0.1, 0.15) is 77.0 Å². The lowest BCUT2D eigenvalue weighted by Gasteiger charge is -2.41. The molecule has 0 saturated heterocycles. The van der Waals surface area contributed by atoms with E-state index in [-0.39, 0.29) is 0 Å². The van der Waals surface area contributed by atoms with Crippen molar-refractivity contribution in [2.75, 3.05) is 0 Å². The lowest BCUT2D eigenvalue weighted by molar-refractivity contribution is 0.104. The first-order chi connectivity index (χ1) is 7.92. The molecule has 0 spiro atoms. The minimum absolute atomic E-state index is 1.12. The summed E-state index contributed by atoms with van der Waals surface area (Å²) in [5.74, 6) is 4.55. The molecule has 4 rings (SSSR count). The molecule has 0 aromatic heterocycles. The average Bonchev–Trinajstić information content (AvgIpc) is 2.29. The SMILES string of the molecule is C1CCC2CCC(CC2)CC2CCC2CC1. The summed E-state index contributed by atoms with van der Waals surface area (Å²) in [4.78, 5) is 0. The van der Waals surface area contributed by atoms with Gasteiger partial charge in [0, 0.05) is 0 Å². The van der Waals surface area contributed by atoms with E-state index >= 15 is 0 Å². The third-order valence-corrected chi connectivity index (χ3v) is 5.86. The van der Waals surface area contributed by atoms with Crippen LogP contribution in [0.15, 0.2) is 0 Å². The summed E-state index contributed by atoms with van der Waals surface area (Å²) in [5.41, 5.74) is 0. The van der Waals surface area contributed by atoms with E-state index in [0.29, 0.717) is 0 Å². The van der Waals surface area contributed by atoms with Crippen molar-refractivity contribution in [3.63, 3.8) is 0 Å². The average molecular weight is 220 g/mol. The third kappa shape index (κ3) is 2.46. The molecule has 4 fully saturated rings. The second-order valence-corrected chi connectivity index (χ2v) is 6.86. The molecule has 92 valence electrons. The van der Waals surface area contributed by atoms with Crippen molar-refractivity contribution in [3.8, 4) is 0 Å². The summed E-state index contributed by atoms with van der Waals surface area (Å²) in [6.07, 6.45) is 18.8. The van der Waals surface area contributed by atoms with Gasteiger partial charge in [-0.25, -0.2) is 0 Å². The maximum Gasteiger partial charge on any atom is -0.0383 e. The summed E-state index contributed by atoms with van der Waals surface area (Å²) < 4.78 is 0. The standard InChI is InChI=1S/C16H28/c1-2-4-13-6-8-14(9-7-13)12-16-11-10-15(16)5-3-1/h13-16H,1-12H2. The highest BCUT2D eigenvalue weighted by molar-refractivity contribution is 4.85. The minimum Gasteiger partial charge on any atom is -0.0533 e. The Labute approximate surface area is 101 Å². The van der Waals surface area contributed by atoms with Crippen LogP contribution in [0.25, 0.3) is 0 Å². The zero-order chi connectivity index (χ0) is 10.8. The van der Waals surface area contributed by atoms with Gasteiger partial charge in [0.25, 0.3) is 0 Å². The quantitative estimate of drug-likeness (QED) is 0.528. The number of fused-ring (bicyclic) bond motifs is 6. The first-order valence-corrected chi connectivity index (χ1v) is 7.92. The van der Waals surface area contributed by atoms with Gasteiger partial charge in [0.2, 0.25) is 0 Å². The fraction of sp³-hybridized carbons (Fsp3) is 1.00. The van der Waals surface area contributed by atoms with Crippen molar-refractivity contribution in [1.29, 1.82) is 0 Å². The molecule has 16 heavy (non-hydrogen) atoms. The predicted octanol–water partition coefficient (Wildman–Crippen LogP) is 5.17. The van der Waals surface area contributed by atoms with E-state index in [4.69, 9.17) is 0 Å². The fourth-order valence-electron chi connectivity index (χ4n) is 4.53. The Bertz CT molecular complexity index is 212. The van der Waals surface area contributed by atoms with Gasteiger partial charge < -0.3 is 0 Å². The van der Waals surface area contributed by atoms with E-state index in [1.54, 1.807) is 64.2 Å². The van der Waals surface area contributed by atoms with Crippen LogP contribution in [0.5, 0.6) is 0 Å². The van der Waals surface area contributed by atoms with Crippen molar-refractivity contribution in [2.45, 2.75) is 77.0 Å². The summed E-state index contributed by atoms with van der Waals surface area (Å²) in [5, 5.41) is 0. The molecule has 0 heteroatoms. The zero-order valence-corrected chi connectivity index (χ0v) is 10.8. The highest BCUT2D eigenvalue weighted by Gasteiger charge is 2.33. The van der Waals surface area contributed by atoms with Crippen LogP contribution < -0.4 is 0 Å². The third-order valence-electron chi connectivity index (χ3n) is 5.86. The molecule has 0 amide bonds. The molecule has 2 unspecified atom stereocenters. The number of hydrogen-bond acceptors (Lipinski definition) is 0.